The fraction of sp³-hybridized carbons (Fsp3) is 0.286. The van der Waals surface area contributed by atoms with E-state index in [1.54, 1.807) is 12.1 Å². The minimum Gasteiger partial charge on any atom is -0.465 e. The quantitative estimate of drug-likeness (QED) is 0.473. The number of aromatic nitrogens is 4. The smallest absolute Gasteiger partial charge is 0.357 e. The Bertz CT molecular complexity index is 1020. The fourth-order valence-electron chi connectivity index (χ4n) is 3.38. The summed E-state index contributed by atoms with van der Waals surface area (Å²) in [6, 6.07) is 12.7. The standard InChI is InChI=1S/C21H21N5O4/c27-19(22-16-9-4-5-10-16)14-30-21(28)18(13-17-11-6-12-29-17)26-20(23-24-25-26)15-7-2-1-3-8-15/h1-3,6-8,11-13,16H,4-5,9-10,14H2,(H,22,27)/b18-13+. The molecule has 30 heavy (non-hydrogen) atoms. The van der Waals surface area contributed by atoms with Crippen molar-refractivity contribution in [2.24, 2.45) is 0 Å². The van der Waals surface area contributed by atoms with Crippen LogP contribution in [0, 0.1) is 0 Å². The summed E-state index contributed by atoms with van der Waals surface area (Å²) in [5, 5.41) is 14.6. The van der Waals surface area contributed by atoms with Crippen LogP contribution in [-0.2, 0) is 14.3 Å². The highest BCUT2D eigenvalue weighted by Gasteiger charge is 2.23. The number of amides is 1. The number of nitrogens with one attached hydrogen (secondary N) is 1. The summed E-state index contributed by atoms with van der Waals surface area (Å²) in [6.07, 6.45) is 7.06. The number of benzene rings is 1. The minimum atomic E-state index is -0.738. The Balaban J connectivity index is 1.55. The van der Waals surface area contributed by atoms with Crippen LogP contribution in [0.4, 0.5) is 0 Å². The van der Waals surface area contributed by atoms with Crippen molar-refractivity contribution >= 4 is 23.6 Å². The second-order valence-electron chi connectivity index (χ2n) is 6.95. The number of ether oxygens (including phenoxy) is 1. The first-order chi connectivity index (χ1) is 14.7. The summed E-state index contributed by atoms with van der Waals surface area (Å²) >= 11 is 0. The monoisotopic (exact) mass is 407 g/mol. The molecule has 0 atom stereocenters. The largest absolute Gasteiger partial charge is 0.465 e. The molecule has 1 aliphatic carbocycles. The summed E-state index contributed by atoms with van der Waals surface area (Å²) in [7, 11) is 0. The Morgan fingerprint density at radius 2 is 1.97 bits per heavy atom. The van der Waals surface area contributed by atoms with Crippen LogP contribution in [0.3, 0.4) is 0 Å². The third-order valence-corrected chi connectivity index (χ3v) is 4.82. The molecule has 0 bridgehead atoms. The van der Waals surface area contributed by atoms with Crippen LogP contribution in [-0.4, -0.2) is 44.7 Å². The van der Waals surface area contributed by atoms with Gasteiger partial charge in [-0.2, -0.15) is 4.68 Å². The normalized spacial score (nSPS) is 14.6. The highest BCUT2D eigenvalue weighted by Crippen LogP contribution is 2.21. The Morgan fingerprint density at radius 1 is 1.17 bits per heavy atom. The van der Waals surface area contributed by atoms with E-state index in [1.165, 1.54) is 17.0 Å². The van der Waals surface area contributed by atoms with Crippen molar-refractivity contribution in [3.63, 3.8) is 0 Å². The maximum absolute atomic E-state index is 12.9. The molecule has 1 amide bonds. The van der Waals surface area contributed by atoms with Crippen molar-refractivity contribution in [2.75, 3.05) is 6.61 Å². The van der Waals surface area contributed by atoms with Gasteiger partial charge in [-0.1, -0.05) is 43.2 Å². The number of nitrogens with zero attached hydrogens (tertiary/aromatic N) is 4. The van der Waals surface area contributed by atoms with E-state index >= 15 is 0 Å². The predicted octanol–water partition coefficient (Wildman–Crippen LogP) is 2.53. The molecule has 0 aliphatic heterocycles. The summed E-state index contributed by atoms with van der Waals surface area (Å²) in [4.78, 5) is 25.0. The lowest BCUT2D eigenvalue weighted by molar-refractivity contribution is -0.143. The van der Waals surface area contributed by atoms with Crippen LogP contribution in [0.2, 0.25) is 0 Å². The predicted molar refractivity (Wildman–Crippen MR) is 107 cm³/mol. The molecule has 9 nitrogen and oxygen atoms in total. The molecule has 1 aliphatic rings. The molecule has 1 N–H and O–H groups in total. The van der Waals surface area contributed by atoms with E-state index in [2.05, 4.69) is 20.8 Å². The molecular weight excluding hydrogens is 386 g/mol. The molecule has 2 aromatic heterocycles. The van der Waals surface area contributed by atoms with Gasteiger partial charge < -0.3 is 14.5 Å². The van der Waals surface area contributed by atoms with Crippen molar-refractivity contribution < 1.29 is 18.7 Å². The van der Waals surface area contributed by atoms with Gasteiger partial charge in [-0.25, -0.2) is 4.79 Å². The van der Waals surface area contributed by atoms with Crippen LogP contribution in [0.25, 0.3) is 23.2 Å². The van der Waals surface area contributed by atoms with Gasteiger partial charge >= 0.3 is 5.97 Å². The van der Waals surface area contributed by atoms with Gasteiger partial charge in [0.1, 0.15) is 5.76 Å². The lowest BCUT2D eigenvalue weighted by Crippen LogP contribution is -2.36. The topological polar surface area (TPSA) is 112 Å². The van der Waals surface area contributed by atoms with Gasteiger partial charge in [-0.05, 0) is 35.4 Å². The Labute approximate surface area is 172 Å². The number of rotatable bonds is 7. The Morgan fingerprint density at radius 3 is 2.70 bits per heavy atom. The lowest BCUT2D eigenvalue weighted by Gasteiger charge is -2.13. The fourth-order valence-corrected chi connectivity index (χ4v) is 3.38. The molecule has 154 valence electrons. The second kappa shape index (κ2) is 9.17. The lowest BCUT2D eigenvalue weighted by atomic mass is 10.2. The van der Waals surface area contributed by atoms with E-state index in [0.29, 0.717) is 11.6 Å². The molecule has 4 rings (SSSR count). The molecule has 0 radical (unpaired) electrons. The zero-order chi connectivity index (χ0) is 20.8. The van der Waals surface area contributed by atoms with Crippen molar-refractivity contribution in [3.05, 3.63) is 54.5 Å². The van der Waals surface area contributed by atoms with E-state index in [9.17, 15) is 9.59 Å². The highest BCUT2D eigenvalue weighted by atomic mass is 16.5. The van der Waals surface area contributed by atoms with E-state index in [0.717, 1.165) is 31.2 Å². The maximum atomic E-state index is 12.9. The van der Waals surface area contributed by atoms with Crippen molar-refractivity contribution in [3.8, 4) is 11.4 Å². The Kier molecular flexibility index (Phi) is 5.98. The molecule has 2 heterocycles. The molecule has 0 saturated heterocycles. The first-order valence-electron chi connectivity index (χ1n) is 9.76. The summed E-state index contributed by atoms with van der Waals surface area (Å²) < 4.78 is 11.9. The number of hydrogen-bond acceptors (Lipinski definition) is 7. The van der Waals surface area contributed by atoms with Crippen LogP contribution in [0.15, 0.2) is 53.1 Å². The second-order valence-corrected chi connectivity index (χ2v) is 6.95. The van der Waals surface area contributed by atoms with Gasteiger partial charge in [0, 0.05) is 17.7 Å². The van der Waals surface area contributed by atoms with Crippen molar-refractivity contribution in [2.45, 2.75) is 31.7 Å². The average Bonchev–Trinajstić information content (AvgIpc) is 3.53. The van der Waals surface area contributed by atoms with E-state index in [-0.39, 0.29) is 24.3 Å². The van der Waals surface area contributed by atoms with Gasteiger partial charge in [0.05, 0.1) is 6.26 Å². The summed E-state index contributed by atoms with van der Waals surface area (Å²) in [5.74, 6) is -0.280. The first kappa shape index (κ1) is 19.6. The molecular formula is C21H21N5O4. The SMILES string of the molecule is O=C(COC(=O)/C(=C\c1ccco1)n1nnnc1-c1ccccc1)NC1CCCC1. The molecule has 1 saturated carbocycles. The minimum absolute atomic E-state index is 0.0301. The first-order valence-corrected chi connectivity index (χ1v) is 9.76. The van der Waals surface area contributed by atoms with Crippen LogP contribution >= 0.6 is 0 Å². The van der Waals surface area contributed by atoms with Gasteiger partial charge in [0.25, 0.3) is 5.91 Å². The number of tetrazole rings is 1. The van der Waals surface area contributed by atoms with Crippen molar-refractivity contribution in [1.82, 2.24) is 25.5 Å². The van der Waals surface area contributed by atoms with E-state index in [4.69, 9.17) is 9.15 Å². The molecule has 0 spiro atoms. The van der Waals surface area contributed by atoms with Crippen LogP contribution in [0.5, 0.6) is 0 Å². The molecule has 1 fully saturated rings. The molecule has 3 aromatic rings. The van der Waals surface area contributed by atoms with Crippen LogP contribution < -0.4 is 5.32 Å². The molecule has 1 aromatic carbocycles. The van der Waals surface area contributed by atoms with Gasteiger partial charge in [0.15, 0.2) is 18.1 Å². The van der Waals surface area contributed by atoms with E-state index in [1.807, 2.05) is 30.3 Å². The van der Waals surface area contributed by atoms with Gasteiger partial charge in [0.2, 0.25) is 0 Å². The van der Waals surface area contributed by atoms with Gasteiger partial charge in [-0.3, -0.25) is 4.79 Å². The zero-order valence-electron chi connectivity index (χ0n) is 16.2. The molecule has 0 unspecified atom stereocenters. The summed E-state index contributed by atoms with van der Waals surface area (Å²) in [5.41, 5.74) is 0.752. The maximum Gasteiger partial charge on any atom is 0.357 e. The zero-order valence-corrected chi connectivity index (χ0v) is 16.2. The van der Waals surface area contributed by atoms with Crippen molar-refractivity contribution in [1.29, 1.82) is 0 Å². The summed E-state index contributed by atoms with van der Waals surface area (Å²) in [6.45, 7) is -0.381. The average molecular weight is 407 g/mol. The number of esters is 1. The number of furan rings is 1. The number of carbonyl (C=O) groups excluding carboxylic acids is 2. The third kappa shape index (κ3) is 4.62. The number of carbonyl (C=O) groups is 2. The third-order valence-electron chi connectivity index (χ3n) is 4.82. The highest BCUT2D eigenvalue weighted by molar-refractivity contribution is 6.15. The van der Waals surface area contributed by atoms with Crippen LogP contribution in [0.1, 0.15) is 31.4 Å². The van der Waals surface area contributed by atoms with Gasteiger partial charge in [-0.15, -0.1) is 5.10 Å². The molecule has 9 heteroatoms. The Hall–Kier alpha value is -3.75. The van der Waals surface area contributed by atoms with E-state index < -0.39 is 5.97 Å². The number of hydrogen-bond donors (Lipinski definition) is 1.